The number of nitro benzene ring substituents is 1. The van der Waals surface area contributed by atoms with E-state index in [0.717, 1.165) is 4.90 Å². The molecule has 0 bridgehead atoms. The van der Waals surface area contributed by atoms with Crippen LogP contribution in [-0.4, -0.2) is 39.2 Å². The number of rotatable bonds is 4. The summed E-state index contributed by atoms with van der Waals surface area (Å²) in [7, 11) is 0. The van der Waals surface area contributed by atoms with Gasteiger partial charge in [0.15, 0.2) is 5.11 Å². The predicted molar refractivity (Wildman–Crippen MR) is 99.3 cm³/mol. The van der Waals surface area contributed by atoms with Crippen LogP contribution in [0.4, 0.5) is 11.4 Å². The molecule has 0 atom stereocenters. The molecule has 10 heteroatoms. The minimum absolute atomic E-state index is 0.114. The minimum atomic E-state index is -0.674. The van der Waals surface area contributed by atoms with Crippen LogP contribution in [0.25, 0.3) is 0 Å². The van der Waals surface area contributed by atoms with Gasteiger partial charge in [0.25, 0.3) is 17.5 Å². The molecule has 2 N–H and O–H groups in total. The molecule has 9 nitrogen and oxygen atoms in total. The number of nitro groups is 1. The standard InChI is InChI=1S/C17H12N4O5S/c22-14(9-20-15(23)12-6-1-2-7-13(12)16(20)24)19-17(27)18-10-4-3-5-11(8-10)21(25)26/h1-8H,9H2,(H2,18,19,22,27). The smallest absolute Gasteiger partial charge is 0.271 e. The summed E-state index contributed by atoms with van der Waals surface area (Å²) in [5, 5.41) is 15.6. The van der Waals surface area contributed by atoms with Gasteiger partial charge in [-0.05, 0) is 30.4 Å². The Morgan fingerprint density at radius 1 is 1.07 bits per heavy atom. The van der Waals surface area contributed by atoms with Gasteiger partial charge in [0.1, 0.15) is 6.54 Å². The zero-order chi connectivity index (χ0) is 19.6. The summed E-state index contributed by atoms with van der Waals surface area (Å²) in [6.07, 6.45) is 0. The molecule has 0 fully saturated rings. The molecule has 2 aromatic rings. The maximum absolute atomic E-state index is 12.2. The van der Waals surface area contributed by atoms with Crippen LogP contribution < -0.4 is 10.6 Å². The third-order valence-electron chi connectivity index (χ3n) is 3.75. The molecule has 0 spiro atoms. The van der Waals surface area contributed by atoms with Gasteiger partial charge < -0.3 is 10.6 Å². The van der Waals surface area contributed by atoms with Gasteiger partial charge in [-0.15, -0.1) is 0 Å². The quantitative estimate of drug-likeness (QED) is 0.356. The van der Waals surface area contributed by atoms with Gasteiger partial charge in [0, 0.05) is 17.8 Å². The Balaban J connectivity index is 1.61. The Morgan fingerprint density at radius 3 is 2.30 bits per heavy atom. The van der Waals surface area contributed by atoms with Gasteiger partial charge in [0.05, 0.1) is 16.1 Å². The van der Waals surface area contributed by atoms with Crippen LogP contribution in [0.1, 0.15) is 20.7 Å². The van der Waals surface area contributed by atoms with Crippen LogP contribution in [0.15, 0.2) is 48.5 Å². The number of nitrogens with zero attached hydrogens (tertiary/aromatic N) is 2. The highest BCUT2D eigenvalue weighted by molar-refractivity contribution is 7.80. The van der Waals surface area contributed by atoms with Crippen molar-refractivity contribution < 1.29 is 19.3 Å². The first-order valence-corrected chi connectivity index (χ1v) is 8.08. The summed E-state index contributed by atoms with van der Waals surface area (Å²) in [5.74, 6) is -1.78. The van der Waals surface area contributed by atoms with E-state index in [1.54, 1.807) is 12.1 Å². The summed E-state index contributed by atoms with van der Waals surface area (Å²) in [6.45, 7) is -0.497. The normalized spacial score (nSPS) is 12.5. The maximum atomic E-state index is 12.2. The summed E-state index contributed by atoms with van der Waals surface area (Å²) in [4.78, 5) is 47.6. The van der Waals surface area contributed by atoms with E-state index in [-0.39, 0.29) is 21.9 Å². The fourth-order valence-electron chi connectivity index (χ4n) is 2.55. The molecule has 0 radical (unpaired) electrons. The first-order chi connectivity index (χ1) is 12.9. The third kappa shape index (κ3) is 3.80. The molecule has 3 amide bonds. The molecule has 0 saturated heterocycles. The van der Waals surface area contributed by atoms with Crippen molar-refractivity contribution in [3.8, 4) is 0 Å². The number of thiocarbonyl (C=S) groups is 1. The van der Waals surface area contributed by atoms with Gasteiger partial charge in [-0.1, -0.05) is 18.2 Å². The van der Waals surface area contributed by atoms with E-state index in [1.165, 1.54) is 36.4 Å². The molecular weight excluding hydrogens is 372 g/mol. The van der Waals surface area contributed by atoms with Crippen molar-refractivity contribution in [2.24, 2.45) is 0 Å². The SMILES string of the molecule is O=C(CN1C(=O)c2ccccc2C1=O)NC(=S)Nc1cccc([N+](=O)[O-])c1. The molecule has 0 saturated carbocycles. The van der Waals surface area contributed by atoms with E-state index in [9.17, 15) is 24.5 Å². The number of benzene rings is 2. The number of fused-ring (bicyclic) bond motifs is 1. The fourth-order valence-corrected chi connectivity index (χ4v) is 2.78. The number of amides is 3. The number of carbonyl (C=O) groups excluding carboxylic acids is 3. The van der Waals surface area contributed by atoms with Crippen molar-refractivity contribution in [2.75, 3.05) is 11.9 Å². The van der Waals surface area contributed by atoms with E-state index in [4.69, 9.17) is 12.2 Å². The highest BCUT2D eigenvalue weighted by Crippen LogP contribution is 2.22. The first kappa shape index (κ1) is 18.1. The third-order valence-corrected chi connectivity index (χ3v) is 3.95. The Kier molecular flexibility index (Phi) is 4.90. The van der Waals surface area contributed by atoms with E-state index < -0.39 is 29.2 Å². The highest BCUT2D eigenvalue weighted by atomic mass is 32.1. The van der Waals surface area contributed by atoms with Crippen LogP contribution in [0, 0.1) is 10.1 Å². The van der Waals surface area contributed by atoms with Crippen molar-refractivity contribution in [1.82, 2.24) is 10.2 Å². The molecule has 1 aliphatic heterocycles. The number of non-ortho nitro benzene ring substituents is 1. The van der Waals surface area contributed by atoms with Crippen LogP contribution in [0.5, 0.6) is 0 Å². The fraction of sp³-hybridized carbons (Fsp3) is 0.0588. The average Bonchev–Trinajstić information content (AvgIpc) is 2.87. The molecule has 1 heterocycles. The molecule has 136 valence electrons. The molecule has 0 unspecified atom stereocenters. The lowest BCUT2D eigenvalue weighted by atomic mass is 10.1. The van der Waals surface area contributed by atoms with E-state index in [1.807, 2.05) is 0 Å². The lowest BCUT2D eigenvalue weighted by Gasteiger charge is -2.14. The summed E-state index contributed by atoms with van der Waals surface area (Å²) in [5.41, 5.74) is 0.663. The lowest BCUT2D eigenvalue weighted by Crippen LogP contribution is -2.43. The van der Waals surface area contributed by atoms with Gasteiger partial charge in [-0.25, -0.2) is 0 Å². The minimum Gasteiger partial charge on any atom is -0.332 e. The van der Waals surface area contributed by atoms with E-state index >= 15 is 0 Å². The zero-order valence-electron chi connectivity index (χ0n) is 13.7. The van der Waals surface area contributed by atoms with E-state index in [2.05, 4.69) is 10.6 Å². The Bertz CT molecular complexity index is 956. The van der Waals surface area contributed by atoms with Crippen molar-refractivity contribution in [3.05, 3.63) is 69.8 Å². The molecule has 27 heavy (non-hydrogen) atoms. The van der Waals surface area contributed by atoms with Crippen LogP contribution in [0.2, 0.25) is 0 Å². The van der Waals surface area contributed by atoms with Crippen LogP contribution in [0.3, 0.4) is 0 Å². The number of anilines is 1. The molecule has 2 aromatic carbocycles. The Morgan fingerprint density at radius 2 is 1.70 bits per heavy atom. The van der Waals surface area contributed by atoms with Gasteiger partial charge >= 0.3 is 0 Å². The second kappa shape index (κ2) is 7.30. The van der Waals surface area contributed by atoms with Crippen LogP contribution in [-0.2, 0) is 4.79 Å². The Hall–Kier alpha value is -3.66. The Labute approximate surface area is 158 Å². The molecule has 0 aliphatic carbocycles. The van der Waals surface area contributed by atoms with Gasteiger partial charge in [-0.2, -0.15) is 0 Å². The monoisotopic (exact) mass is 384 g/mol. The maximum Gasteiger partial charge on any atom is 0.271 e. The summed E-state index contributed by atoms with van der Waals surface area (Å²) >= 11 is 4.99. The predicted octanol–water partition coefficient (Wildman–Crippen LogP) is 1.70. The molecule has 1 aliphatic rings. The van der Waals surface area contributed by atoms with Gasteiger partial charge in [-0.3, -0.25) is 29.4 Å². The molecule has 3 rings (SSSR count). The topological polar surface area (TPSA) is 122 Å². The van der Waals surface area contributed by atoms with Gasteiger partial charge in [0.2, 0.25) is 5.91 Å². The van der Waals surface area contributed by atoms with Crippen molar-refractivity contribution in [2.45, 2.75) is 0 Å². The summed E-state index contributed by atoms with van der Waals surface area (Å²) in [6, 6.07) is 11.9. The number of imide groups is 1. The number of hydrogen-bond acceptors (Lipinski definition) is 6. The number of nitrogens with one attached hydrogen (secondary N) is 2. The zero-order valence-corrected chi connectivity index (χ0v) is 14.5. The highest BCUT2D eigenvalue weighted by Gasteiger charge is 2.36. The van der Waals surface area contributed by atoms with Crippen molar-refractivity contribution in [1.29, 1.82) is 0 Å². The second-order valence-electron chi connectivity index (χ2n) is 5.55. The number of carbonyl (C=O) groups is 3. The lowest BCUT2D eigenvalue weighted by molar-refractivity contribution is -0.384. The average molecular weight is 384 g/mol. The first-order valence-electron chi connectivity index (χ1n) is 7.67. The van der Waals surface area contributed by atoms with Crippen LogP contribution >= 0.6 is 12.2 Å². The number of hydrogen-bond donors (Lipinski definition) is 2. The molecular formula is C17H12N4O5S. The summed E-state index contributed by atoms with van der Waals surface area (Å²) < 4.78 is 0. The van der Waals surface area contributed by atoms with Crippen molar-refractivity contribution >= 4 is 46.4 Å². The second-order valence-corrected chi connectivity index (χ2v) is 5.96. The van der Waals surface area contributed by atoms with E-state index in [0.29, 0.717) is 5.69 Å². The van der Waals surface area contributed by atoms with Crippen molar-refractivity contribution in [3.63, 3.8) is 0 Å². The largest absolute Gasteiger partial charge is 0.332 e. The molecule has 0 aromatic heterocycles.